The van der Waals surface area contributed by atoms with E-state index in [9.17, 15) is 0 Å². The van der Waals surface area contributed by atoms with Crippen LogP contribution in [0.25, 0.3) is 0 Å². The topological polar surface area (TPSA) is 31.4 Å². The van der Waals surface area contributed by atoms with E-state index in [1.165, 1.54) is 10.8 Å². The average molecular weight is 268 g/mol. The molecule has 0 aromatic carbocycles. The fraction of sp³-hybridized carbons (Fsp3) is 0.769. The number of hydrogen-bond donors (Lipinski definition) is 1. The normalized spacial score (nSPS) is 21.5. The first-order valence-corrected chi connectivity index (χ1v) is 7.76. The summed E-state index contributed by atoms with van der Waals surface area (Å²) >= 11 is 1.77. The smallest absolute Gasteiger partial charge is 0.185 e. The molecule has 1 aromatic rings. The van der Waals surface area contributed by atoms with E-state index in [1.54, 1.807) is 11.3 Å². The van der Waals surface area contributed by atoms with Gasteiger partial charge in [-0.25, -0.2) is 4.98 Å². The summed E-state index contributed by atoms with van der Waals surface area (Å²) in [6, 6.07) is 0.630. The van der Waals surface area contributed by atoms with Gasteiger partial charge in [0.2, 0.25) is 0 Å². The summed E-state index contributed by atoms with van der Waals surface area (Å²) in [6.45, 7) is 13.1. The number of nitrogens with one attached hydrogen (secondary N) is 1. The van der Waals surface area contributed by atoms with Crippen LogP contribution in [0.2, 0.25) is 0 Å². The predicted molar refractivity (Wildman–Crippen MR) is 78.4 cm³/mol. The van der Waals surface area contributed by atoms with Gasteiger partial charge >= 0.3 is 0 Å². The molecule has 1 fully saturated rings. The second kappa shape index (κ2) is 6.50. The van der Waals surface area contributed by atoms with E-state index < -0.39 is 0 Å². The molecule has 102 valence electrons. The summed E-state index contributed by atoms with van der Waals surface area (Å²) in [5.74, 6) is 0. The first kappa shape index (κ1) is 13.8. The number of nitrogens with zero attached hydrogens (tertiary/aromatic N) is 3. The number of aromatic nitrogens is 1. The van der Waals surface area contributed by atoms with Gasteiger partial charge in [-0.15, -0.1) is 11.3 Å². The molecule has 1 N–H and O–H groups in total. The number of anilines is 1. The quantitative estimate of drug-likeness (QED) is 0.882. The first-order chi connectivity index (χ1) is 8.74. The number of likely N-dealkylation sites (N-methyl/N-ethyl adjacent to an activating group) is 1. The summed E-state index contributed by atoms with van der Waals surface area (Å²) in [5.41, 5.74) is 1.17. The van der Waals surface area contributed by atoms with Crippen molar-refractivity contribution in [2.75, 3.05) is 37.6 Å². The lowest BCUT2D eigenvalue weighted by Gasteiger charge is -2.39. The molecule has 5 heteroatoms. The SMILES string of the molecule is CCNCc1csc(N2CCN(CC)C(C)C2)n1. The van der Waals surface area contributed by atoms with Crippen LogP contribution in [0.4, 0.5) is 5.13 Å². The average Bonchev–Trinajstić information content (AvgIpc) is 2.85. The lowest BCUT2D eigenvalue weighted by atomic mass is 10.2. The molecule has 1 saturated heterocycles. The van der Waals surface area contributed by atoms with Gasteiger partial charge in [0.1, 0.15) is 0 Å². The molecule has 1 atom stereocenters. The van der Waals surface area contributed by atoms with Crippen LogP contribution in [0.3, 0.4) is 0 Å². The number of thiazole rings is 1. The lowest BCUT2D eigenvalue weighted by molar-refractivity contribution is 0.199. The second-order valence-corrected chi connectivity index (χ2v) is 5.66. The minimum absolute atomic E-state index is 0.630. The van der Waals surface area contributed by atoms with Crippen molar-refractivity contribution in [3.8, 4) is 0 Å². The van der Waals surface area contributed by atoms with E-state index in [-0.39, 0.29) is 0 Å². The van der Waals surface area contributed by atoms with Crippen molar-refractivity contribution in [1.82, 2.24) is 15.2 Å². The highest BCUT2D eigenvalue weighted by Crippen LogP contribution is 2.23. The van der Waals surface area contributed by atoms with E-state index in [4.69, 9.17) is 4.98 Å². The van der Waals surface area contributed by atoms with E-state index in [0.29, 0.717) is 6.04 Å². The van der Waals surface area contributed by atoms with E-state index in [1.807, 2.05) is 0 Å². The van der Waals surface area contributed by atoms with Crippen LogP contribution in [0.15, 0.2) is 5.38 Å². The van der Waals surface area contributed by atoms with Crippen LogP contribution >= 0.6 is 11.3 Å². The van der Waals surface area contributed by atoms with Crippen LogP contribution in [0, 0.1) is 0 Å². The van der Waals surface area contributed by atoms with Crippen LogP contribution < -0.4 is 10.2 Å². The zero-order chi connectivity index (χ0) is 13.0. The summed E-state index contributed by atoms with van der Waals surface area (Å²) in [5, 5.41) is 6.68. The molecule has 0 spiro atoms. The van der Waals surface area contributed by atoms with Crippen molar-refractivity contribution < 1.29 is 0 Å². The number of piperazine rings is 1. The maximum absolute atomic E-state index is 4.72. The summed E-state index contributed by atoms with van der Waals surface area (Å²) in [4.78, 5) is 9.68. The summed E-state index contributed by atoms with van der Waals surface area (Å²) in [7, 11) is 0. The van der Waals surface area contributed by atoms with Crippen molar-refractivity contribution in [2.24, 2.45) is 0 Å². The van der Waals surface area contributed by atoms with E-state index >= 15 is 0 Å². The van der Waals surface area contributed by atoms with Crippen molar-refractivity contribution in [3.63, 3.8) is 0 Å². The van der Waals surface area contributed by atoms with Gasteiger partial charge in [-0.05, 0) is 20.0 Å². The lowest BCUT2D eigenvalue weighted by Crippen LogP contribution is -2.51. The predicted octanol–water partition coefficient (Wildman–Crippen LogP) is 1.78. The maximum Gasteiger partial charge on any atom is 0.185 e. The third-order valence-electron chi connectivity index (χ3n) is 3.54. The van der Waals surface area contributed by atoms with Gasteiger partial charge in [-0.1, -0.05) is 13.8 Å². The largest absolute Gasteiger partial charge is 0.345 e. The van der Waals surface area contributed by atoms with Gasteiger partial charge in [0.15, 0.2) is 5.13 Å². The molecule has 0 amide bonds. The third kappa shape index (κ3) is 3.22. The highest BCUT2D eigenvalue weighted by molar-refractivity contribution is 7.13. The minimum atomic E-state index is 0.630. The minimum Gasteiger partial charge on any atom is -0.345 e. The molecule has 1 aliphatic rings. The summed E-state index contributed by atoms with van der Waals surface area (Å²) < 4.78 is 0. The zero-order valence-electron chi connectivity index (χ0n) is 11.6. The molecule has 0 bridgehead atoms. The monoisotopic (exact) mass is 268 g/mol. The molecular formula is C13H24N4S. The standard InChI is InChI=1S/C13H24N4S/c1-4-14-8-12-10-18-13(15-12)17-7-6-16(5-2)11(3)9-17/h10-11,14H,4-9H2,1-3H3. The van der Waals surface area contributed by atoms with Gasteiger partial charge in [0.25, 0.3) is 0 Å². The van der Waals surface area contributed by atoms with Crippen LogP contribution in [-0.4, -0.2) is 48.6 Å². The van der Waals surface area contributed by atoms with E-state index in [2.05, 4.69) is 41.3 Å². The van der Waals surface area contributed by atoms with Gasteiger partial charge in [0.05, 0.1) is 5.69 Å². The second-order valence-electron chi connectivity index (χ2n) is 4.83. The van der Waals surface area contributed by atoms with Crippen molar-refractivity contribution in [3.05, 3.63) is 11.1 Å². The molecule has 1 unspecified atom stereocenters. The molecule has 18 heavy (non-hydrogen) atoms. The molecule has 2 heterocycles. The Bertz CT molecular complexity index is 366. The third-order valence-corrected chi connectivity index (χ3v) is 4.49. The molecule has 4 nitrogen and oxygen atoms in total. The van der Waals surface area contributed by atoms with E-state index in [0.717, 1.165) is 39.3 Å². The number of rotatable bonds is 5. The Morgan fingerprint density at radius 3 is 2.94 bits per heavy atom. The van der Waals surface area contributed by atoms with Crippen LogP contribution in [0.5, 0.6) is 0 Å². The van der Waals surface area contributed by atoms with Crippen LogP contribution in [0.1, 0.15) is 26.5 Å². The van der Waals surface area contributed by atoms with Crippen molar-refractivity contribution in [1.29, 1.82) is 0 Å². The van der Waals surface area contributed by atoms with Crippen LogP contribution in [-0.2, 0) is 6.54 Å². The van der Waals surface area contributed by atoms with Crippen molar-refractivity contribution >= 4 is 16.5 Å². The molecule has 1 aliphatic heterocycles. The molecule has 0 radical (unpaired) electrons. The zero-order valence-corrected chi connectivity index (χ0v) is 12.5. The molecule has 0 saturated carbocycles. The highest BCUT2D eigenvalue weighted by atomic mass is 32.1. The molecule has 0 aliphatic carbocycles. The fourth-order valence-electron chi connectivity index (χ4n) is 2.41. The molecule has 1 aromatic heterocycles. The highest BCUT2D eigenvalue weighted by Gasteiger charge is 2.23. The molecule has 2 rings (SSSR count). The maximum atomic E-state index is 4.72. The van der Waals surface area contributed by atoms with Gasteiger partial charge < -0.3 is 10.2 Å². The summed E-state index contributed by atoms with van der Waals surface area (Å²) in [6.07, 6.45) is 0. The Kier molecular flexibility index (Phi) is 4.97. The van der Waals surface area contributed by atoms with Gasteiger partial charge in [-0.2, -0.15) is 0 Å². The fourth-order valence-corrected chi connectivity index (χ4v) is 3.28. The first-order valence-electron chi connectivity index (χ1n) is 6.88. The Morgan fingerprint density at radius 2 is 2.28 bits per heavy atom. The molecular weight excluding hydrogens is 244 g/mol. The van der Waals surface area contributed by atoms with Gasteiger partial charge in [0, 0.05) is 37.6 Å². The number of hydrogen-bond acceptors (Lipinski definition) is 5. The Morgan fingerprint density at radius 1 is 1.44 bits per heavy atom. The Hall–Kier alpha value is -0.650. The van der Waals surface area contributed by atoms with Crippen molar-refractivity contribution in [2.45, 2.75) is 33.4 Å². The Labute approximate surface area is 114 Å². The van der Waals surface area contributed by atoms with Gasteiger partial charge in [-0.3, -0.25) is 4.90 Å². The Balaban J connectivity index is 1.93.